The predicted molar refractivity (Wildman–Crippen MR) is 116 cm³/mol. The number of carbonyl (C=O) groups excluding carboxylic acids is 2. The molecular formula is C22H17BrN2O6. The normalized spacial score (nSPS) is 12.4. The summed E-state index contributed by atoms with van der Waals surface area (Å²) in [7, 11) is 1.56. The molecule has 0 atom stereocenters. The van der Waals surface area contributed by atoms with Crippen molar-refractivity contribution in [1.29, 1.82) is 0 Å². The zero-order valence-corrected chi connectivity index (χ0v) is 17.9. The molecule has 2 N–H and O–H groups in total. The van der Waals surface area contributed by atoms with Crippen LogP contribution in [0.5, 0.6) is 17.2 Å². The van der Waals surface area contributed by atoms with Gasteiger partial charge >= 0.3 is 0 Å². The first-order valence-corrected chi connectivity index (χ1v) is 9.94. The van der Waals surface area contributed by atoms with Crippen LogP contribution >= 0.6 is 15.9 Å². The number of hydrogen-bond acceptors (Lipinski definition) is 6. The summed E-state index contributed by atoms with van der Waals surface area (Å²) in [5.74, 6) is 0.812. The van der Waals surface area contributed by atoms with Gasteiger partial charge in [0.2, 0.25) is 6.79 Å². The number of hydrogen-bond donors (Lipinski definition) is 2. The Labute approximate surface area is 185 Å². The molecular weight excluding hydrogens is 468 g/mol. The number of halogens is 1. The first-order chi connectivity index (χ1) is 15.0. The third-order valence-electron chi connectivity index (χ3n) is 4.35. The minimum atomic E-state index is -0.567. The van der Waals surface area contributed by atoms with Crippen molar-refractivity contribution in [2.24, 2.45) is 0 Å². The molecule has 3 aromatic rings. The molecule has 158 valence electrons. The minimum Gasteiger partial charge on any atom is -0.497 e. The lowest BCUT2D eigenvalue weighted by atomic mass is 10.1. The van der Waals surface area contributed by atoms with E-state index in [2.05, 4.69) is 26.6 Å². The Morgan fingerprint density at radius 2 is 1.81 bits per heavy atom. The molecule has 0 fully saturated rings. The molecule has 31 heavy (non-hydrogen) atoms. The average molecular weight is 485 g/mol. The number of amides is 2. The van der Waals surface area contributed by atoms with Crippen LogP contribution in [0.15, 0.2) is 69.4 Å². The maximum absolute atomic E-state index is 13.0. The number of fused-ring (bicyclic) bond motifs is 1. The molecule has 1 aliphatic heterocycles. The Kier molecular flexibility index (Phi) is 5.94. The summed E-state index contributed by atoms with van der Waals surface area (Å²) in [4.78, 5) is 25.5. The molecule has 1 aromatic heterocycles. The number of furan rings is 1. The zero-order chi connectivity index (χ0) is 21.8. The van der Waals surface area contributed by atoms with Gasteiger partial charge in [0, 0.05) is 5.69 Å². The predicted octanol–water partition coefficient (Wildman–Crippen LogP) is 4.19. The highest BCUT2D eigenvalue weighted by Crippen LogP contribution is 2.33. The fraction of sp³-hybridized carbons (Fsp3) is 0.0909. The highest BCUT2D eigenvalue weighted by Gasteiger charge is 2.19. The minimum absolute atomic E-state index is 0.0206. The highest BCUT2D eigenvalue weighted by atomic mass is 79.9. The van der Waals surface area contributed by atoms with Crippen LogP contribution < -0.4 is 24.8 Å². The maximum Gasteiger partial charge on any atom is 0.291 e. The van der Waals surface area contributed by atoms with Gasteiger partial charge in [-0.05, 0) is 76.1 Å². The van der Waals surface area contributed by atoms with Crippen LogP contribution in [0.4, 0.5) is 5.69 Å². The molecule has 0 saturated heterocycles. The topological polar surface area (TPSA) is 99.0 Å². The van der Waals surface area contributed by atoms with Crippen molar-refractivity contribution in [3.8, 4) is 17.2 Å². The van der Waals surface area contributed by atoms with Crippen molar-refractivity contribution in [2.75, 3.05) is 19.2 Å². The largest absolute Gasteiger partial charge is 0.497 e. The van der Waals surface area contributed by atoms with E-state index in [1.807, 2.05) is 0 Å². The monoisotopic (exact) mass is 484 g/mol. The van der Waals surface area contributed by atoms with E-state index in [0.717, 1.165) is 0 Å². The number of ether oxygens (including phenoxy) is 3. The van der Waals surface area contributed by atoms with Gasteiger partial charge < -0.3 is 29.3 Å². The summed E-state index contributed by atoms with van der Waals surface area (Å²) >= 11 is 3.16. The van der Waals surface area contributed by atoms with Crippen molar-refractivity contribution < 1.29 is 28.2 Å². The van der Waals surface area contributed by atoms with Gasteiger partial charge in [-0.2, -0.15) is 0 Å². The van der Waals surface area contributed by atoms with Crippen molar-refractivity contribution in [1.82, 2.24) is 5.32 Å². The molecule has 9 heteroatoms. The molecule has 0 aliphatic carbocycles. The van der Waals surface area contributed by atoms with E-state index in [-0.39, 0.29) is 18.3 Å². The molecule has 0 saturated carbocycles. The summed E-state index contributed by atoms with van der Waals surface area (Å²) in [6, 6.07) is 15.1. The number of carbonyl (C=O) groups is 2. The molecule has 8 nitrogen and oxygen atoms in total. The number of benzene rings is 2. The second-order valence-electron chi connectivity index (χ2n) is 6.41. The van der Waals surface area contributed by atoms with Crippen molar-refractivity contribution in [2.45, 2.75) is 0 Å². The third kappa shape index (κ3) is 4.89. The van der Waals surface area contributed by atoms with Crippen LogP contribution in [0, 0.1) is 0 Å². The Bertz CT molecular complexity index is 1150. The van der Waals surface area contributed by atoms with Crippen molar-refractivity contribution in [3.63, 3.8) is 0 Å². The van der Waals surface area contributed by atoms with Crippen LogP contribution in [0.3, 0.4) is 0 Å². The van der Waals surface area contributed by atoms with E-state index < -0.39 is 11.8 Å². The van der Waals surface area contributed by atoms with Crippen molar-refractivity contribution in [3.05, 3.63) is 76.3 Å². The second-order valence-corrected chi connectivity index (χ2v) is 7.19. The molecule has 4 rings (SSSR count). The van der Waals surface area contributed by atoms with Gasteiger partial charge in [0.15, 0.2) is 21.9 Å². The quantitative estimate of drug-likeness (QED) is 0.509. The Morgan fingerprint density at radius 1 is 1.03 bits per heavy atom. The van der Waals surface area contributed by atoms with Gasteiger partial charge in [-0.15, -0.1) is 0 Å². The Balaban J connectivity index is 1.60. The summed E-state index contributed by atoms with van der Waals surface area (Å²) in [5, 5.41) is 5.36. The average Bonchev–Trinajstić information content (AvgIpc) is 3.42. The lowest BCUT2D eigenvalue weighted by Crippen LogP contribution is -2.30. The highest BCUT2D eigenvalue weighted by molar-refractivity contribution is 9.10. The van der Waals surface area contributed by atoms with Crippen molar-refractivity contribution >= 4 is 39.5 Å². The lowest BCUT2D eigenvalue weighted by molar-refractivity contribution is -0.113. The molecule has 2 amide bonds. The van der Waals surface area contributed by atoms with Crippen LogP contribution in [-0.2, 0) is 4.79 Å². The molecule has 2 aromatic carbocycles. The van der Waals surface area contributed by atoms with Gasteiger partial charge in [0.25, 0.3) is 11.8 Å². The van der Waals surface area contributed by atoms with Gasteiger partial charge in [-0.25, -0.2) is 0 Å². The summed E-state index contributed by atoms with van der Waals surface area (Å²) in [6.45, 7) is 0.136. The second kappa shape index (κ2) is 8.97. The van der Waals surface area contributed by atoms with Gasteiger partial charge in [-0.3, -0.25) is 9.59 Å². The number of anilines is 1. The van der Waals surface area contributed by atoms with Crippen LogP contribution in [-0.4, -0.2) is 25.7 Å². The molecule has 0 radical (unpaired) electrons. The lowest BCUT2D eigenvalue weighted by Gasteiger charge is -2.11. The van der Waals surface area contributed by atoms with Crippen LogP contribution in [0.2, 0.25) is 0 Å². The fourth-order valence-corrected chi connectivity index (χ4v) is 3.13. The standard InChI is InChI=1S/C22H17BrN2O6/c1-28-15-5-3-14(4-6-15)24-21(26)16(25-22(27)18-8-9-20(23)31-18)10-13-2-7-17-19(11-13)30-12-29-17/h2-11H,12H2,1H3,(H,24,26)(H,25,27)/b16-10-. The molecule has 0 spiro atoms. The summed E-state index contributed by atoms with van der Waals surface area (Å²) < 4.78 is 21.5. The molecule has 0 unspecified atom stereocenters. The number of nitrogens with one attached hydrogen (secondary N) is 2. The van der Waals surface area contributed by atoms with E-state index in [1.54, 1.807) is 55.6 Å². The molecule has 0 bridgehead atoms. The summed E-state index contributed by atoms with van der Waals surface area (Å²) in [6.07, 6.45) is 1.54. The molecule has 2 heterocycles. The SMILES string of the molecule is COc1ccc(NC(=O)/C(=C/c2ccc3c(c2)OCO3)NC(=O)c2ccc(Br)o2)cc1. The van der Waals surface area contributed by atoms with E-state index in [1.165, 1.54) is 12.1 Å². The molecule has 1 aliphatic rings. The van der Waals surface area contributed by atoms with E-state index >= 15 is 0 Å². The van der Waals surface area contributed by atoms with Crippen LogP contribution in [0.1, 0.15) is 16.1 Å². The summed E-state index contributed by atoms with van der Waals surface area (Å²) in [5.41, 5.74) is 1.20. The van der Waals surface area contributed by atoms with E-state index in [4.69, 9.17) is 18.6 Å². The van der Waals surface area contributed by atoms with Gasteiger partial charge in [0.1, 0.15) is 11.4 Å². The first kappa shape index (κ1) is 20.5. The Hall–Kier alpha value is -3.72. The van der Waals surface area contributed by atoms with Crippen LogP contribution in [0.25, 0.3) is 6.08 Å². The van der Waals surface area contributed by atoms with Gasteiger partial charge in [-0.1, -0.05) is 6.07 Å². The number of methoxy groups -OCH3 is 1. The third-order valence-corrected chi connectivity index (χ3v) is 4.77. The zero-order valence-electron chi connectivity index (χ0n) is 16.3. The smallest absolute Gasteiger partial charge is 0.291 e. The maximum atomic E-state index is 13.0. The fourth-order valence-electron chi connectivity index (χ4n) is 2.82. The van der Waals surface area contributed by atoms with E-state index in [9.17, 15) is 9.59 Å². The first-order valence-electron chi connectivity index (χ1n) is 9.15. The number of rotatable bonds is 6. The van der Waals surface area contributed by atoms with E-state index in [0.29, 0.717) is 33.2 Å². The Morgan fingerprint density at radius 3 is 2.52 bits per heavy atom. The van der Waals surface area contributed by atoms with Gasteiger partial charge in [0.05, 0.1) is 7.11 Å².